The van der Waals surface area contributed by atoms with Gasteiger partial charge in [0.15, 0.2) is 5.82 Å². The largest absolute Gasteiger partial charge is 0.368 e. The monoisotopic (exact) mass is 341 g/mol. The smallest absolute Gasteiger partial charge is 0.254 e. The second-order valence-electron chi connectivity index (χ2n) is 5.14. The van der Waals surface area contributed by atoms with Crippen molar-refractivity contribution in [1.29, 1.82) is 0 Å². The normalized spacial score (nSPS) is 10.5. The van der Waals surface area contributed by atoms with Gasteiger partial charge in [-0.05, 0) is 13.0 Å². The molecule has 0 atom stereocenters. The van der Waals surface area contributed by atoms with Crippen LogP contribution in [0, 0.1) is 12.7 Å². The third kappa shape index (κ3) is 3.94. The molecular formula is C16H16FN7O. The number of carbonyl (C=O) groups excluding carboxylic acids is 1. The van der Waals surface area contributed by atoms with Crippen molar-refractivity contribution in [2.75, 3.05) is 18.4 Å². The summed E-state index contributed by atoms with van der Waals surface area (Å²) >= 11 is 0. The fraction of sp³-hybridized carbons (Fsp3) is 0.188. The standard InChI is InChI=1S/C16H16FN7O/c1-11-19-6-7-24(11)15-8-14(22-10-23-15)20-4-5-21-16(25)12-2-3-18-9-13(12)17/h2-3,6-10H,4-5H2,1H3,(H,21,25)(H,20,22,23). The predicted octanol–water partition coefficient (Wildman–Crippen LogP) is 1.35. The van der Waals surface area contributed by atoms with Gasteiger partial charge in [0, 0.05) is 37.7 Å². The third-order valence-corrected chi connectivity index (χ3v) is 3.46. The van der Waals surface area contributed by atoms with Gasteiger partial charge in [-0.15, -0.1) is 0 Å². The summed E-state index contributed by atoms with van der Waals surface area (Å²) in [4.78, 5) is 28.0. The highest BCUT2D eigenvalue weighted by atomic mass is 19.1. The van der Waals surface area contributed by atoms with Gasteiger partial charge in [0.05, 0.1) is 11.8 Å². The highest BCUT2D eigenvalue weighted by Crippen LogP contribution is 2.10. The Morgan fingerprint density at radius 3 is 2.88 bits per heavy atom. The van der Waals surface area contributed by atoms with E-state index in [0.29, 0.717) is 24.7 Å². The van der Waals surface area contributed by atoms with Crippen LogP contribution in [0.3, 0.4) is 0 Å². The van der Waals surface area contributed by atoms with Gasteiger partial charge in [-0.25, -0.2) is 19.3 Å². The maximum Gasteiger partial charge on any atom is 0.254 e. The number of aryl methyl sites for hydroxylation is 1. The van der Waals surface area contributed by atoms with E-state index in [1.54, 1.807) is 12.3 Å². The van der Waals surface area contributed by atoms with Gasteiger partial charge >= 0.3 is 0 Å². The number of anilines is 1. The maximum absolute atomic E-state index is 13.5. The minimum absolute atomic E-state index is 0.0325. The average Bonchev–Trinajstić information content (AvgIpc) is 3.05. The number of carbonyl (C=O) groups is 1. The number of nitrogens with zero attached hydrogens (tertiary/aromatic N) is 5. The average molecular weight is 341 g/mol. The molecule has 0 aliphatic carbocycles. The minimum Gasteiger partial charge on any atom is -0.368 e. The van der Waals surface area contributed by atoms with E-state index < -0.39 is 11.7 Å². The quantitative estimate of drug-likeness (QED) is 0.657. The molecule has 0 saturated heterocycles. The first-order valence-corrected chi connectivity index (χ1v) is 7.59. The molecule has 3 rings (SSSR count). The molecule has 128 valence electrons. The van der Waals surface area contributed by atoms with Crippen LogP contribution in [0.15, 0.2) is 43.2 Å². The van der Waals surface area contributed by atoms with Gasteiger partial charge in [-0.2, -0.15) is 0 Å². The molecule has 0 spiro atoms. The van der Waals surface area contributed by atoms with Gasteiger partial charge in [0.1, 0.15) is 23.8 Å². The first-order chi connectivity index (χ1) is 12.1. The molecule has 0 unspecified atom stereocenters. The lowest BCUT2D eigenvalue weighted by molar-refractivity contribution is 0.0951. The van der Waals surface area contributed by atoms with Gasteiger partial charge in [0.2, 0.25) is 0 Å². The van der Waals surface area contributed by atoms with E-state index in [1.165, 1.54) is 18.6 Å². The number of amides is 1. The molecule has 0 saturated carbocycles. The molecule has 0 fully saturated rings. The summed E-state index contributed by atoms with van der Waals surface area (Å²) in [5.41, 5.74) is -0.0325. The molecule has 0 aliphatic heterocycles. The van der Waals surface area contributed by atoms with E-state index >= 15 is 0 Å². The topological polar surface area (TPSA) is 97.6 Å². The van der Waals surface area contributed by atoms with Crippen molar-refractivity contribution in [3.63, 3.8) is 0 Å². The van der Waals surface area contributed by atoms with Crippen molar-refractivity contribution in [3.8, 4) is 5.82 Å². The molecule has 0 bridgehead atoms. The van der Waals surface area contributed by atoms with Crippen LogP contribution in [-0.2, 0) is 0 Å². The van der Waals surface area contributed by atoms with Crippen LogP contribution >= 0.6 is 0 Å². The van der Waals surface area contributed by atoms with Crippen LogP contribution in [0.2, 0.25) is 0 Å². The molecule has 0 aromatic carbocycles. The maximum atomic E-state index is 13.5. The Labute approximate surface area is 143 Å². The number of aromatic nitrogens is 5. The Hall–Kier alpha value is -3.36. The van der Waals surface area contributed by atoms with E-state index in [2.05, 4.69) is 30.6 Å². The molecule has 3 heterocycles. The lowest BCUT2D eigenvalue weighted by atomic mass is 10.2. The molecule has 25 heavy (non-hydrogen) atoms. The summed E-state index contributed by atoms with van der Waals surface area (Å²) in [6.45, 7) is 2.62. The first kappa shape index (κ1) is 16.5. The SMILES string of the molecule is Cc1nccn1-c1cc(NCCNC(=O)c2ccncc2F)ncn1. The summed E-state index contributed by atoms with van der Waals surface area (Å²) < 4.78 is 15.3. The lowest BCUT2D eigenvalue weighted by Gasteiger charge is -2.09. The van der Waals surface area contributed by atoms with Crippen LogP contribution in [-0.4, -0.2) is 43.5 Å². The molecule has 1 amide bonds. The minimum atomic E-state index is -0.649. The van der Waals surface area contributed by atoms with Crippen molar-refractivity contribution in [3.05, 3.63) is 60.5 Å². The molecule has 8 nitrogen and oxygen atoms in total. The van der Waals surface area contributed by atoms with Gasteiger partial charge < -0.3 is 10.6 Å². The summed E-state index contributed by atoms with van der Waals surface area (Å²) in [6.07, 6.45) is 7.33. The number of hydrogen-bond acceptors (Lipinski definition) is 6. The fourth-order valence-corrected chi connectivity index (χ4v) is 2.22. The molecule has 3 aromatic heterocycles. The Balaban J connectivity index is 1.54. The number of pyridine rings is 1. The number of nitrogens with one attached hydrogen (secondary N) is 2. The number of imidazole rings is 1. The Bertz CT molecular complexity index is 880. The zero-order valence-corrected chi connectivity index (χ0v) is 13.5. The lowest BCUT2D eigenvalue weighted by Crippen LogP contribution is -2.29. The highest BCUT2D eigenvalue weighted by molar-refractivity contribution is 5.94. The van der Waals surface area contributed by atoms with Crippen LogP contribution in [0.1, 0.15) is 16.2 Å². The third-order valence-electron chi connectivity index (χ3n) is 3.46. The molecule has 0 radical (unpaired) electrons. The Morgan fingerprint density at radius 1 is 1.24 bits per heavy atom. The van der Waals surface area contributed by atoms with Crippen molar-refractivity contribution >= 4 is 11.7 Å². The zero-order chi connectivity index (χ0) is 17.6. The Kier molecular flexibility index (Phi) is 4.93. The fourth-order valence-electron chi connectivity index (χ4n) is 2.22. The van der Waals surface area contributed by atoms with E-state index in [1.807, 2.05) is 17.7 Å². The van der Waals surface area contributed by atoms with E-state index in [9.17, 15) is 9.18 Å². The number of halogens is 1. The van der Waals surface area contributed by atoms with Gasteiger partial charge in [-0.1, -0.05) is 0 Å². The molecule has 9 heteroatoms. The predicted molar refractivity (Wildman–Crippen MR) is 88.9 cm³/mol. The second kappa shape index (κ2) is 7.47. The van der Waals surface area contributed by atoms with Crippen LogP contribution in [0.5, 0.6) is 0 Å². The first-order valence-electron chi connectivity index (χ1n) is 7.59. The molecule has 2 N–H and O–H groups in total. The van der Waals surface area contributed by atoms with E-state index in [-0.39, 0.29) is 5.56 Å². The van der Waals surface area contributed by atoms with Crippen LogP contribution < -0.4 is 10.6 Å². The van der Waals surface area contributed by atoms with E-state index in [4.69, 9.17) is 0 Å². The summed E-state index contributed by atoms with van der Waals surface area (Å²) in [6, 6.07) is 3.11. The van der Waals surface area contributed by atoms with Crippen molar-refractivity contribution < 1.29 is 9.18 Å². The number of hydrogen-bond donors (Lipinski definition) is 2. The summed E-state index contributed by atoms with van der Waals surface area (Å²) in [5.74, 6) is 0.984. The molecular weight excluding hydrogens is 325 g/mol. The Morgan fingerprint density at radius 2 is 2.12 bits per heavy atom. The summed E-state index contributed by atoms with van der Waals surface area (Å²) in [7, 11) is 0. The molecule has 3 aromatic rings. The van der Waals surface area contributed by atoms with Crippen molar-refractivity contribution in [2.24, 2.45) is 0 Å². The number of rotatable bonds is 6. The summed E-state index contributed by atoms with van der Waals surface area (Å²) in [5, 5.41) is 5.72. The van der Waals surface area contributed by atoms with Crippen LogP contribution in [0.4, 0.5) is 10.2 Å². The zero-order valence-electron chi connectivity index (χ0n) is 13.5. The second-order valence-corrected chi connectivity index (χ2v) is 5.14. The van der Waals surface area contributed by atoms with Crippen molar-refractivity contribution in [1.82, 2.24) is 29.8 Å². The van der Waals surface area contributed by atoms with E-state index in [0.717, 1.165) is 12.0 Å². The van der Waals surface area contributed by atoms with Crippen molar-refractivity contribution in [2.45, 2.75) is 6.92 Å². The van der Waals surface area contributed by atoms with Crippen LogP contribution in [0.25, 0.3) is 5.82 Å². The highest BCUT2D eigenvalue weighted by Gasteiger charge is 2.10. The molecule has 0 aliphatic rings. The van der Waals surface area contributed by atoms with Gasteiger partial charge in [0.25, 0.3) is 5.91 Å². The van der Waals surface area contributed by atoms with Gasteiger partial charge in [-0.3, -0.25) is 14.3 Å².